The molecule has 5 aliphatic rings. The van der Waals surface area contributed by atoms with E-state index in [1.165, 1.54) is 38.2 Å². The first kappa shape index (κ1) is 16.5. The number of ether oxygens (including phenoxy) is 1. The summed E-state index contributed by atoms with van der Waals surface area (Å²) in [7, 11) is 0. The van der Waals surface area contributed by atoms with Crippen LogP contribution in [0, 0.1) is 29.5 Å². The average molecular weight is 358 g/mol. The molecule has 4 nitrogen and oxygen atoms in total. The van der Waals surface area contributed by atoms with E-state index in [9.17, 15) is 9.18 Å². The van der Waals surface area contributed by atoms with Crippen LogP contribution in [0.25, 0.3) is 0 Å². The van der Waals surface area contributed by atoms with Crippen molar-refractivity contribution in [3.05, 3.63) is 29.6 Å². The number of hydrogen-bond acceptors (Lipinski definition) is 3. The highest BCUT2D eigenvalue weighted by atomic mass is 19.1. The molecule has 140 valence electrons. The fourth-order valence-corrected chi connectivity index (χ4v) is 6.10. The smallest absolute Gasteiger partial charge is 0.251 e. The highest BCUT2D eigenvalue weighted by Gasteiger charge is 2.48. The molecular weight excluding hydrogens is 331 g/mol. The minimum atomic E-state index is -0.315. The predicted octanol–water partition coefficient (Wildman–Crippen LogP) is 3.22. The van der Waals surface area contributed by atoms with Gasteiger partial charge in [-0.05, 0) is 74.0 Å². The molecule has 1 aromatic carbocycles. The van der Waals surface area contributed by atoms with E-state index in [1.54, 1.807) is 12.1 Å². The first-order valence-corrected chi connectivity index (χ1v) is 10.1. The average Bonchev–Trinajstić information content (AvgIpc) is 2.64. The first-order valence-electron chi connectivity index (χ1n) is 10.1. The largest absolute Gasteiger partial charge is 0.378 e. The lowest BCUT2D eigenvalue weighted by molar-refractivity contribution is -0.0119. The number of carbonyl (C=O) groups is 1. The molecule has 6 rings (SSSR count). The summed E-state index contributed by atoms with van der Waals surface area (Å²) in [5, 5.41) is 3.27. The molecule has 26 heavy (non-hydrogen) atoms. The molecule has 1 aliphatic heterocycles. The van der Waals surface area contributed by atoms with Gasteiger partial charge in [-0.2, -0.15) is 0 Å². The van der Waals surface area contributed by atoms with Gasteiger partial charge >= 0.3 is 0 Å². The summed E-state index contributed by atoms with van der Waals surface area (Å²) in [4.78, 5) is 14.7. The van der Waals surface area contributed by atoms with Crippen LogP contribution in [0.2, 0.25) is 0 Å². The topological polar surface area (TPSA) is 41.6 Å². The standard InChI is InChI=1S/C21H27FN2O2/c22-18-12-15(1-2-19(18)24-3-5-26-6-4-24)21(25)23-20-16-8-13-7-14(10-16)11-17(20)9-13/h1-2,12-14,16-17,20H,3-11H2,(H,23,25). The molecular formula is C21H27FN2O2. The van der Waals surface area contributed by atoms with Gasteiger partial charge in [-0.15, -0.1) is 0 Å². The Morgan fingerprint density at radius 3 is 2.31 bits per heavy atom. The Bertz CT molecular complexity index is 673. The van der Waals surface area contributed by atoms with E-state index < -0.39 is 0 Å². The van der Waals surface area contributed by atoms with Gasteiger partial charge in [0.25, 0.3) is 5.91 Å². The fraction of sp³-hybridized carbons (Fsp3) is 0.667. The molecule has 4 aliphatic carbocycles. The Hall–Kier alpha value is -1.62. The lowest BCUT2D eigenvalue weighted by Crippen LogP contribution is -2.55. The quantitative estimate of drug-likeness (QED) is 0.902. The molecule has 1 N–H and O–H groups in total. The third kappa shape index (κ3) is 2.90. The van der Waals surface area contributed by atoms with E-state index in [2.05, 4.69) is 5.32 Å². The maximum Gasteiger partial charge on any atom is 0.251 e. The number of benzene rings is 1. The van der Waals surface area contributed by atoms with Crippen LogP contribution in [0.1, 0.15) is 42.5 Å². The zero-order chi connectivity index (χ0) is 17.7. The molecule has 0 spiro atoms. The number of rotatable bonds is 3. The Morgan fingerprint density at radius 2 is 1.69 bits per heavy atom. The molecule has 1 aromatic rings. The predicted molar refractivity (Wildman–Crippen MR) is 97.7 cm³/mol. The van der Waals surface area contributed by atoms with Crippen LogP contribution in [0.5, 0.6) is 0 Å². The highest BCUT2D eigenvalue weighted by Crippen LogP contribution is 2.53. The molecule has 1 saturated heterocycles. The van der Waals surface area contributed by atoms with Crippen LogP contribution in [0.4, 0.5) is 10.1 Å². The van der Waals surface area contributed by atoms with Gasteiger partial charge in [0.05, 0.1) is 18.9 Å². The fourth-order valence-electron chi connectivity index (χ4n) is 6.10. The molecule has 1 heterocycles. The number of anilines is 1. The second kappa shape index (κ2) is 6.52. The van der Waals surface area contributed by atoms with Crippen LogP contribution in [0.3, 0.4) is 0 Å². The van der Waals surface area contributed by atoms with Gasteiger partial charge in [-0.25, -0.2) is 4.39 Å². The maximum absolute atomic E-state index is 14.6. The first-order chi connectivity index (χ1) is 12.7. The lowest BCUT2D eigenvalue weighted by Gasteiger charge is -2.54. The molecule has 4 saturated carbocycles. The molecule has 5 fully saturated rings. The highest BCUT2D eigenvalue weighted by molar-refractivity contribution is 5.94. The van der Waals surface area contributed by atoms with Crippen molar-refractivity contribution in [2.45, 2.75) is 38.1 Å². The minimum Gasteiger partial charge on any atom is -0.378 e. The van der Waals surface area contributed by atoms with Crippen molar-refractivity contribution in [2.24, 2.45) is 23.7 Å². The molecule has 5 heteroatoms. The third-order valence-electron chi connectivity index (χ3n) is 7.09. The van der Waals surface area contributed by atoms with Gasteiger partial charge in [-0.3, -0.25) is 4.79 Å². The molecule has 0 radical (unpaired) electrons. The molecule has 4 bridgehead atoms. The lowest BCUT2D eigenvalue weighted by atomic mass is 9.54. The van der Waals surface area contributed by atoms with Crippen molar-refractivity contribution < 1.29 is 13.9 Å². The zero-order valence-electron chi connectivity index (χ0n) is 15.1. The Morgan fingerprint density at radius 1 is 1.04 bits per heavy atom. The van der Waals surface area contributed by atoms with Crippen molar-refractivity contribution in [1.82, 2.24) is 5.32 Å². The van der Waals surface area contributed by atoms with Crippen molar-refractivity contribution in [3.63, 3.8) is 0 Å². The number of carbonyl (C=O) groups excluding carboxylic acids is 1. The summed E-state index contributed by atoms with van der Waals surface area (Å²) < 4.78 is 19.9. The van der Waals surface area contributed by atoms with Gasteiger partial charge in [-0.1, -0.05) is 0 Å². The van der Waals surface area contributed by atoms with E-state index >= 15 is 0 Å². The van der Waals surface area contributed by atoms with Crippen LogP contribution in [-0.4, -0.2) is 38.3 Å². The Kier molecular flexibility index (Phi) is 4.15. The third-order valence-corrected chi connectivity index (χ3v) is 7.09. The van der Waals surface area contributed by atoms with Gasteiger partial charge in [0, 0.05) is 24.7 Å². The summed E-state index contributed by atoms with van der Waals surface area (Å²) in [5.74, 6) is 2.60. The van der Waals surface area contributed by atoms with E-state index in [0.717, 1.165) is 11.8 Å². The molecule has 0 atom stereocenters. The van der Waals surface area contributed by atoms with Crippen molar-refractivity contribution >= 4 is 11.6 Å². The molecule has 1 amide bonds. The Balaban J connectivity index is 1.29. The zero-order valence-corrected chi connectivity index (χ0v) is 15.1. The number of nitrogens with one attached hydrogen (secondary N) is 1. The van der Waals surface area contributed by atoms with Crippen molar-refractivity contribution in [1.29, 1.82) is 0 Å². The second-order valence-corrected chi connectivity index (χ2v) is 8.70. The van der Waals surface area contributed by atoms with Crippen LogP contribution < -0.4 is 10.2 Å². The van der Waals surface area contributed by atoms with Gasteiger partial charge < -0.3 is 15.0 Å². The number of hydrogen-bond donors (Lipinski definition) is 1. The van der Waals surface area contributed by atoms with Crippen LogP contribution >= 0.6 is 0 Å². The van der Waals surface area contributed by atoms with Gasteiger partial charge in [0.1, 0.15) is 5.82 Å². The monoisotopic (exact) mass is 358 g/mol. The van der Waals surface area contributed by atoms with Crippen LogP contribution in [-0.2, 0) is 4.74 Å². The number of halogens is 1. The van der Waals surface area contributed by atoms with E-state index in [1.807, 2.05) is 4.90 Å². The number of amides is 1. The molecule has 0 unspecified atom stereocenters. The summed E-state index contributed by atoms with van der Waals surface area (Å²) in [6, 6.07) is 5.19. The van der Waals surface area contributed by atoms with E-state index in [0.29, 0.717) is 49.4 Å². The number of nitrogens with zero attached hydrogens (tertiary/aromatic N) is 1. The van der Waals surface area contributed by atoms with Crippen molar-refractivity contribution in [2.75, 3.05) is 31.2 Å². The summed E-state index contributed by atoms with van der Waals surface area (Å²) in [6.45, 7) is 2.62. The summed E-state index contributed by atoms with van der Waals surface area (Å²) in [5.41, 5.74) is 1.01. The Labute approximate surface area is 154 Å². The molecule has 0 aromatic heterocycles. The van der Waals surface area contributed by atoms with E-state index in [-0.39, 0.29) is 17.8 Å². The van der Waals surface area contributed by atoms with Crippen molar-refractivity contribution in [3.8, 4) is 0 Å². The summed E-state index contributed by atoms with van der Waals surface area (Å²) in [6.07, 6.45) is 6.47. The normalized spacial score (nSPS) is 35.6. The van der Waals surface area contributed by atoms with Gasteiger partial charge in [0.15, 0.2) is 0 Å². The minimum absolute atomic E-state index is 0.116. The SMILES string of the molecule is O=C(NC1C2CC3CC(C2)CC1C3)c1ccc(N2CCOCC2)c(F)c1. The maximum atomic E-state index is 14.6. The summed E-state index contributed by atoms with van der Waals surface area (Å²) >= 11 is 0. The second-order valence-electron chi connectivity index (χ2n) is 8.70. The van der Waals surface area contributed by atoms with Gasteiger partial charge in [0.2, 0.25) is 0 Å². The van der Waals surface area contributed by atoms with Crippen LogP contribution in [0.15, 0.2) is 18.2 Å². The van der Waals surface area contributed by atoms with E-state index in [4.69, 9.17) is 4.74 Å². The number of morpholine rings is 1.